The van der Waals surface area contributed by atoms with Crippen molar-refractivity contribution in [3.05, 3.63) is 18.2 Å². The molecule has 0 amide bonds. The zero-order valence-electron chi connectivity index (χ0n) is 13.1. The fourth-order valence-electron chi connectivity index (χ4n) is 3.57. The fraction of sp³-hybridized carbons (Fsp3) is 0.647. The second-order valence-corrected chi connectivity index (χ2v) is 6.17. The average molecular weight is 289 g/mol. The van der Waals surface area contributed by atoms with Gasteiger partial charge in [0.05, 0.1) is 18.0 Å². The lowest BCUT2D eigenvalue weighted by molar-refractivity contribution is 0.273. The van der Waals surface area contributed by atoms with Crippen molar-refractivity contribution in [2.45, 2.75) is 38.6 Å². The van der Waals surface area contributed by atoms with Crippen LogP contribution in [0.2, 0.25) is 0 Å². The maximum atomic E-state index is 6.36. The minimum Gasteiger partial charge on any atom is -0.491 e. The zero-order valence-corrected chi connectivity index (χ0v) is 13.1. The molecule has 21 heavy (non-hydrogen) atoms. The molecule has 4 heteroatoms. The molecule has 0 aromatic heterocycles. The molecule has 1 atom stereocenters. The molecule has 116 valence electrons. The van der Waals surface area contributed by atoms with Crippen molar-refractivity contribution in [2.75, 3.05) is 43.4 Å². The average Bonchev–Trinajstić information content (AvgIpc) is 2.84. The molecule has 2 heterocycles. The maximum Gasteiger partial charge on any atom is 0.144 e. The molecule has 1 aromatic rings. The number of hydrogen-bond donors (Lipinski definition) is 1. The van der Waals surface area contributed by atoms with Crippen LogP contribution in [-0.2, 0) is 0 Å². The number of nitrogens with zero attached hydrogens (tertiary/aromatic N) is 2. The summed E-state index contributed by atoms with van der Waals surface area (Å²) in [5, 5.41) is 0. The number of nitrogen functional groups attached to an aromatic ring is 1. The summed E-state index contributed by atoms with van der Waals surface area (Å²) < 4.78 is 5.77. The molecule has 2 aliphatic heterocycles. The highest BCUT2D eigenvalue weighted by atomic mass is 16.5. The molecule has 0 saturated carbocycles. The van der Waals surface area contributed by atoms with Crippen LogP contribution in [0.4, 0.5) is 11.4 Å². The Labute approximate surface area is 127 Å². The Kier molecular flexibility index (Phi) is 4.54. The standard InChI is InChI=1S/C17H27N3O/c1-2-12-21-16-8-3-7-15(17(16)18)20-11-5-10-19-9-4-6-14(19)13-20/h3,7-8,14H,2,4-6,9-13,18H2,1H3. The molecule has 2 aliphatic rings. The van der Waals surface area contributed by atoms with E-state index in [1.807, 2.05) is 6.07 Å². The van der Waals surface area contributed by atoms with Crippen LogP contribution in [0.25, 0.3) is 0 Å². The van der Waals surface area contributed by atoms with Crippen LogP contribution in [0.3, 0.4) is 0 Å². The molecule has 1 aromatic carbocycles. The van der Waals surface area contributed by atoms with Crippen LogP contribution >= 0.6 is 0 Å². The van der Waals surface area contributed by atoms with E-state index in [0.717, 1.165) is 43.2 Å². The van der Waals surface area contributed by atoms with Crippen LogP contribution in [0.5, 0.6) is 5.75 Å². The monoisotopic (exact) mass is 289 g/mol. The predicted octanol–water partition coefficient (Wildman–Crippen LogP) is 2.73. The van der Waals surface area contributed by atoms with Gasteiger partial charge in [0.1, 0.15) is 5.75 Å². The normalized spacial score (nSPS) is 22.9. The van der Waals surface area contributed by atoms with Gasteiger partial charge in [-0.1, -0.05) is 13.0 Å². The van der Waals surface area contributed by atoms with E-state index >= 15 is 0 Å². The van der Waals surface area contributed by atoms with Crippen LogP contribution in [0, 0.1) is 0 Å². The number of ether oxygens (including phenoxy) is 1. The first-order valence-corrected chi connectivity index (χ1v) is 8.30. The second kappa shape index (κ2) is 6.56. The third kappa shape index (κ3) is 3.10. The van der Waals surface area contributed by atoms with Gasteiger partial charge in [-0.25, -0.2) is 0 Å². The lowest BCUT2D eigenvalue weighted by Gasteiger charge is -2.28. The Bertz CT molecular complexity index is 477. The summed E-state index contributed by atoms with van der Waals surface area (Å²) >= 11 is 0. The second-order valence-electron chi connectivity index (χ2n) is 6.17. The van der Waals surface area contributed by atoms with Crippen LogP contribution in [0.15, 0.2) is 18.2 Å². The summed E-state index contributed by atoms with van der Waals surface area (Å²) in [4.78, 5) is 5.11. The lowest BCUT2D eigenvalue weighted by Crippen LogP contribution is -2.36. The minimum atomic E-state index is 0.701. The summed E-state index contributed by atoms with van der Waals surface area (Å²) in [7, 11) is 0. The van der Waals surface area contributed by atoms with Crippen LogP contribution in [0.1, 0.15) is 32.6 Å². The van der Waals surface area contributed by atoms with Crippen molar-refractivity contribution in [2.24, 2.45) is 0 Å². The maximum absolute atomic E-state index is 6.36. The van der Waals surface area contributed by atoms with Crippen LogP contribution in [-0.4, -0.2) is 43.7 Å². The predicted molar refractivity (Wildman–Crippen MR) is 88.1 cm³/mol. The van der Waals surface area contributed by atoms with Gasteiger partial charge in [0.25, 0.3) is 0 Å². The smallest absolute Gasteiger partial charge is 0.144 e. The Morgan fingerprint density at radius 2 is 2.10 bits per heavy atom. The molecule has 0 aliphatic carbocycles. The molecule has 0 spiro atoms. The van der Waals surface area contributed by atoms with Gasteiger partial charge in [-0.15, -0.1) is 0 Å². The molecule has 2 N–H and O–H groups in total. The van der Waals surface area contributed by atoms with Gasteiger partial charge in [0.15, 0.2) is 0 Å². The van der Waals surface area contributed by atoms with E-state index in [9.17, 15) is 0 Å². The number of benzene rings is 1. The summed E-state index contributed by atoms with van der Waals surface area (Å²) in [5.41, 5.74) is 8.32. The number of anilines is 2. The van der Waals surface area contributed by atoms with E-state index < -0.39 is 0 Å². The third-order valence-corrected chi connectivity index (χ3v) is 4.65. The highest BCUT2D eigenvalue weighted by Crippen LogP contribution is 2.34. The summed E-state index contributed by atoms with van der Waals surface area (Å²) in [6.07, 6.45) is 4.89. The molecule has 2 fully saturated rings. The van der Waals surface area contributed by atoms with Gasteiger partial charge in [0, 0.05) is 25.7 Å². The highest BCUT2D eigenvalue weighted by Gasteiger charge is 2.29. The SMILES string of the molecule is CCCOc1cccc(N2CCCN3CCCC3C2)c1N. The quantitative estimate of drug-likeness (QED) is 0.865. The molecule has 0 radical (unpaired) electrons. The lowest BCUT2D eigenvalue weighted by atomic mass is 10.1. The number of nitrogens with two attached hydrogens (primary N) is 1. The van der Waals surface area contributed by atoms with E-state index in [4.69, 9.17) is 10.5 Å². The molecule has 1 unspecified atom stereocenters. The van der Waals surface area contributed by atoms with E-state index in [1.165, 1.54) is 32.4 Å². The molecule has 3 rings (SSSR count). The van der Waals surface area contributed by atoms with Crippen molar-refractivity contribution in [1.82, 2.24) is 4.90 Å². The van der Waals surface area contributed by atoms with Gasteiger partial charge >= 0.3 is 0 Å². The van der Waals surface area contributed by atoms with Crippen molar-refractivity contribution in [1.29, 1.82) is 0 Å². The Hall–Kier alpha value is -1.42. The largest absolute Gasteiger partial charge is 0.491 e. The van der Waals surface area contributed by atoms with Gasteiger partial charge in [-0.2, -0.15) is 0 Å². The van der Waals surface area contributed by atoms with Gasteiger partial charge in [-0.05, 0) is 44.4 Å². The first-order chi connectivity index (χ1) is 10.3. The number of rotatable bonds is 4. The minimum absolute atomic E-state index is 0.701. The number of hydrogen-bond acceptors (Lipinski definition) is 4. The van der Waals surface area contributed by atoms with Gasteiger partial charge in [0.2, 0.25) is 0 Å². The topological polar surface area (TPSA) is 41.7 Å². The first-order valence-electron chi connectivity index (χ1n) is 8.30. The van der Waals surface area contributed by atoms with E-state index in [-0.39, 0.29) is 0 Å². The third-order valence-electron chi connectivity index (χ3n) is 4.65. The molecule has 0 bridgehead atoms. The Morgan fingerprint density at radius 1 is 1.24 bits per heavy atom. The van der Waals surface area contributed by atoms with E-state index in [0.29, 0.717) is 6.04 Å². The first kappa shape index (κ1) is 14.5. The molecule has 4 nitrogen and oxygen atoms in total. The number of para-hydroxylation sites is 1. The number of fused-ring (bicyclic) bond motifs is 1. The molecule has 2 saturated heterocycles. The van der Waals surface area contributed by atoms with Crippen molar-refractivity contribution < 1.29 is 4.74 Å². The summed E-state index contributed by atoms with van der Waals surface area (Å²) in [6, 6.07) is 6.88. The zero-order chi connectivity index (χ0) is 14.7. The van der Waals surface area contributed by atoms with Gasteiger partial charge < -0.3 is 15.4 Å². The summed E-state index contributed by atoms with van der Waals surface area (Å²) in [5.74, 6) is 0.835. The highest BCUT2D eigenvalue weighted by molar-refractivity contribution is 5.74. The van der Waals surface area contributed by atoms with Crippen molar-refractivity contribution in [3.8, 4) is 5.75 Å². The Balaban J connectivity index is 1.78. The summed E-state index contributed by atoms with van der Waals surface area (Å²) in [6.45, 7) is 7.53. The molecular weight excluding hydrogens is 262 g/mol. The van der Waals surface area contributed by atoms with Crippen molar-refractivity contribution >= 4 is 11.4 Å². The van der Waals surface area contributed by atoms with E-state index in [1.54, 1.807) is 0 Å². The van der Waals surface area contributed by atoms with Gasteiger partial charge in [-0.3, -0.25) is 4.90 Å². The fourth-order valence-corrected chi connectivity index (χ4v) is 3.57. The van der Waals surface area contributed by atoms with E-state index in [2.05, 4.69) is 28.9 Å². The van der Waals surface area contributed by atoms with Crippen LogP contribution < -0.4 is 15.4 Å². The Morgan fingerprint density at radius 3 is 2.95 bits per heavy atom. The molecular formula is C17H27N3O. The van der Waals surface area contributed by atoms with Crippen molar-refractivity contribution in [3.63, 3.8) is 0 Å².